The van der Waals surface area contributed by atoms with Crippen molar-refractivity contribution < 1.29 is 35.8 Å². The Balaban J connectivity index is 1.33. The quantitative estimate of drug-likeness (QED) is 0.467. The minimum atomic E-state index is -3.65. The van der Waals surface area contributed by atoms with E-state index in [2.05, 4.69) is 5.32 Å². The molecule has 1 N–H and O–H groups in total. The van der Waals surface area contributed by atoms with E-state index >= 15 is 0 Å². The first-order chi connectivity index (χ1) is 18.3. The summed E-state index contributed by atoms with van der Waals surface area (Å²) in [7, 11) is -7.25. The van der Waals surface area contributed by atoms with Crippen LogP contribution in [0.3, 0.4) is 0 Å². The van der Waals surface area contributed by atoms with Crippen molar-refractivity contribution in [2.24, 2.45) is 0 Å². The largest absolute Gasteiger partial charge is 0.492 e. The summed E-state index contributed by atoms with van der Waals surface area (Å²) in [4.78, 5) is 13.0. The molecule has 2 heterocycles. The monoisotopic (exact) mass is 581 g/mol. The average molecular weight is 582 g/mol. The van der Waals surface area contributed by atoms with Crippen LogP contribution in [0.4, 0.5) is 5.69 Å². The van der Waals surface area contributed by atoms with Gasteiger partial charge in [-0.25, -0.2) is 16.8 Å². The summed E-state index contributed by atoms with van der Waals surface area (Å²) in [5, 5.41) is 2.71. The fourth-order valence-electron chi connectivity index (χ4n) is 4.27. The van der Waals surface area contributed by atoms with Gasteiger partial charge in [0.15, 0.2) is 6.10 Å². The van der Waals surface area contributed by atoms with Gasteiger partial charge >= 0.3 is 0 Å². The number of nitrogens with zero attached hydrogens (tertiary/aromatic N) is 2. The molecule has 0 saturated carbocycles. The Kier molecular flexibility index (Phi) is 8.45. The van der Waals surface area contributed by atoms with Crippen molar-refractivity contribution in [3.8, 4) is 11.5 Å². The van der Waals surface area contributed by atoms with Crippen LogP contribution in [0, 0.1) is 0 Å². The van der Waals surface area contributed by atoms with E-state index in [1.165, 1.54) is 20.7 Å². The van der Waals surface area contributed by atoms with Gasteiger partial charge in [0.1, 0.15) is 18.1 Å². The number of fused-ring (bicyclic) bond motifs is 1. The number of morpholine rings is 1. The smallest absolute Gasteiger partial charge is 0.263 e. The number of carbonyl (C=O) groups excluding carboxylic acids is 1. The molecular weight excluding hydrogens is 546 g/mol. The summed E-state index contributed by atoms with van der Waals surface area (Å²) in [6.07, 6.45) is 0.0731. The van der Waals surface area contributed by atoms with Crippen molar-refractivity contribution in [2.75, 3.05) is 56.6 Å². The average Bonchev–Trinajstić information content (AvgIpc) is 2.89. The molecule has 2 aromatic carbocycles. The highest BCUT2D eigenvalue weighted by atomic mass is 32.2. The summed E-state index contributed by atoms with van der Waals surface area (Å²) in [5.74, 6) is 0.305. The third-order valence-electron chi connectivity index (χ3n) is 6.49. The van der Waals surface area contributed by atoms with E-state index in [4.69, 9.17) is 14.2 Å². The van der Waals surface area contributed by atoms with Crippen LogP contribution < -0.4 is 19.1 Å². The molecule has 1 fully saturated rings. The van der Waals surface area contributed by atoms with Gasteiger partial charge in [-0.1, -0.05) is 26.8 Å². The van der Waals surface area contributed by atoms with Gasteiger partial charge in [-0.15, -0.1) is 0 Å². The van der Waals surface area contributed by atoms with Crippen molar-refractivity contribution in [1.82, 2.24) is 9.62 Å². The molecule has 0 bridgehead atoms. The van der Waals surface area contributed by atoms with Crippen LogP contribution in [0.25, 0.3) is 0 Å². The molecule has 214 valence electrons. The van der Waals surface area contributed by atoms with Crippen LogP contribution in [0.2, 0.25) is 0 Å². The van der Waals surface area contributed by atoms with Crippen LogP contribution in [-0.2, 0) is 35.0 Å². The minimum absolute atomic E-state index is 0.120. The maximum atomic E-state index is 12.8. The number of rotatable bonds is 8. The molecule has 1 atom stereocenters. The van der Waals surface area contributed by atoms with E-state index in [0.29, 0.717) is 43.5 Å². The van der Waals surface area contributed by atoms with Gasteiger partial charge in [-0.2, -0.15) is 4.31 Å². The highest BCUT2D eigenvalue weighted by Crippen LogP contribution is 2.38. The van der Waals surface area contributed by atoms with Gasteiger partial charge in [0.2, 0.25) is 20.0 Å². The molecule has 1 unspecified atom stereocenters. The van der Waals surface area contributed by atoms with Gasteiger partial charge in [0.05, 0.1) is 43.1 Å². The van der Waals surface area contributed by atoms with Crippen molar-refractivity contribution >= 4 is 31.6 Å². The van der Waals surface area contributed by atoms with Crippen molar-refractivity contribution in [3.05, 3.63) is 48.0 Å². The Morgan fingerprint density at radius 1 is 1.05 bits per heavy atom. The minimum Gasteiger partial charge on any atom is -0.492 e. The fraction of sp³-hybridized carbons (Fsp3) is 0.500. The lowest BCUT2D eigenvalue weighted by Gasteiger charge is -2.35. The molecule has 2 aliphatic rings. The molecule has 13 heteroatoms. The summed E-state index contributed by atoms with van der Waals surface area (Å²) in [6.45, 7) is 7.58. The van der Waals surface area contributed by atoms with Gasteiger partial charge < -0.3 is 19.5 Å². The zero-order chi connectivity index (χ0) is 28.4. The zero-order valence-corrected chi connectivity index (χ0v) is 24.2. The van der Waals surface area contributed by atoms with Crippen LogP contribution in [0.15, 0.2) is 47.4 Å². The Morgan fingerprint density at radius 3 is 2.33 bits per heavy atom. The van der Waals surface area contributed by atoms with E-state index in [1.807, 2.05) is 26.8 Å². The van der Waals surface area contributed by atoms with E-state index in [-0.39, 0.29) is 30.0 Å². The first-order valence-electron chi connectivity index (χ1n) is 12.6. The van der Waals surface area contributed by atoms with Gasteiger partial charge in [0, 0.05) is 13.1 Å². The topological polar surface area (TPSA) is 132 Å². The first kappa shape index (κ1) is 29.1. The summed E-state index contributed by atoms with van der Waals surface area (Å²) in [6, 6.07) is 11.4. The van der Waals surface area contributed by atoms with Gasteiger partial charge in [-0.05, 0) is 47.4 Å². The Labute approximate surface area is 230 Å². The van der Waals surface area contributed by atoms with E-state index in [1.54, 1.807) is 24.3 Å². The fourth-order valence-corrected chi connectivity index (χ4v) is 6.58. The number of hydrogen-bond donors (Lipinski definition) is 1. The van der Waals surface area contributed by atoms with Crippen molar-refractivity contribution in [1.29, 1.82) is 0 Å². The molecule has 0 aromatic heterocycles. The molecule has 11 nitrogen and oxygen atoms in total. The molecule has 39 heavy (non-hydrogen) atoms. The maximum Gasteiger partial charge on any atom is 0.263 e. The molecular formula is C26H35N3O8S2. The second kappa shape index (κ2) is 11.3. The van der Waals surface area contributed by atoms with Gasteiger partial charge in [-0.3, -0.25) is 9.10 Å². The zero-order valence-electron chi connectivity index (χ0n) is 22.5. The van der Waals surface area contributed by atoms with E-state index < -0.39 is 32.1 Å². The predicted molar refractivity (Wildman–Crippen MR) is 146 cm³/mol. The Bertz CT molecular complexity index is 1400. The molecule has 0 radical (unpaired) electrons. The third kappa shape index (κ3) is 6.83. The second-order valence-corrected chi connectivity index (χ2v) is 14.3. The van der Waals surface area contributed by atoms with Crippen LogP contribution >= 0.6 is 0 Å². The summed E-state index contributed by atoms with van der Waals surface area (Å²) in [5.41, 5.74) is 1.17. The van der Waals surface area contributed by atoms with E-state index in [0.717, 1.165) is 11.8 Å². The van der Waals surface area contributed by atoms with Gasteiger partial charge in [0.25, 0.3) is 5.91 Å². The Hall–Kier alpha value is -2.87. The summed E-state index contributed by atoms with van der Waals surface area (Å²) >= 11 is 0. The van der Waals surface area contributed by atoms with E-state index in [9.17, 15) is 21.6 Å². The maximum absolute atomic E-state index is 12.8. The number of anilines is 1. The number of hydrogen-bond acceptors (Lipinski definition) is 8. The number of amides is 1. The van der Waals surface area contributed by atoms with Crippen LogP contribution in [-0.4, -0.2) is 85.4 Å². The summed E-state index contributed by atoms with van der Waals surface area (Å²) < 4.78 is 69.9. The molecule has 2 aliphatic heterocycles. The molecule has 4 rings (SSSR count). The highest BCUT2D eigenvalue weighted by molar-refractivity contribution is 7.92. The lowest BCUT2D eigenvalue weighted by molar-refractivity contribution is -0.127. The lowest BCUT2D eigenvalue weighted by Crippen LogP contribution is -2.51. The third-order valence-corrected chi connectivity index (χ3v) is 9.55. The molecule has 2 aromatic rings. The Morgan fingerprint density at radius 2 is 1.72 bits per heavy atom. The molecule has 1 amide bonds. The first-order valence-corrected chi connectivity index (χ1v) is 15.9. The number of benzene rings is 2. The second-order valence-electron chi connectivity index (χ2n) is 10.5. The number of sulfonamides is 2. The highest BCUT2D eigenvalue weighted by Gasteiger charge is 2.35. The number of ether oxygens (including phenoxy) is 3. The van der Waals surface area contributed by atoms with Crippen molar-refractivity contribution in [3.63, 3.8) is 0 Å². The number of carbonyl (C=O) groups is 1. The van der Waals surface area contributed by atoms with Crippen LogP contribution in [0.1, 0.15) is 26.3 Å². The van der Waals surface area contributed by atoms with Crippen molar-refractivity contribution in [2.45, 2.75) is 37.2 Å². The molecule has 0 spiro atoms. The lowest BCUT2D eigenvalue weighted by atomic mass is 9.86. The van der Waals surface area contributed by atoms with Crippen LogP contribution in [0.5, 0.6) is 11.5 Å². The SMILES string of the molecule is CC(C)(C)c1ccc2c(c1)N(S(C)(=O)=O)CC(C(=O)NCCOc1ccc(S(=O)(=O)N3CCOCC3)cc1)O2. The normalized spacial score (nSPS) is 18.7. The molecule has 1 saturated heterocycles. The molecule has 0 aliphatic carbocycles. The number of nitrogens with one attached hydrogen (secondary N) is 1. The predicted octanol–water partition coefficient (Wildman–Crippen LogP) is 1.73. The standard InChI is InChI=1S/C26H35N3O8S2/c1-26(2,3)19-5-10-23-22(17-19)29(38(4,31)32)18-24(37-23)25(30)27-11-14-36-20-6-8-21(9-7-20)39(33,34)28-12-15-35-16-13-28/h5-10,17,24H,11-16,18H2,1-4H3,(H,27,30).